The summed E-state index contributed by atoms with van der Waals surface area (Å²) in [5, 5.41) is 24.9. The van der Waals surface area contributed by atoms with Crippen LogP contribution >= 0.6 is 31.9 Å². The molecule has 0 aliphatic rings. The van der Waals surface area contributed by atoms with Crippen molar-refractivity contribution in [3.63, 3.8) is 0 Å². The van der Waals surface area contributed by atoms with Crippen LogP contribution < -0.4 is 0 Å². The molecule has 0 bridgehead atoms. The summed E-state index contributed by atoms with van der Waals surface area (Å²) in [6, 6.07) is 0. The predicted octanol–water partition coefficient (Wildman–Crippen LogP) is 1.93. The minimum atomic E-state index is -1.10. The first-order chi connectivity index (χ1) is 5.33. The summed E-state index contributed by atoms with van der Waals surface area (Å²) in [5.74, 6) is 0. The van der Waals surface area contributed by atoms with E-state index in [1.807, 2.05) is 13.8 Å². The van der Waals surface area contributed by atoms with Crippen LogP contribution in [0.1, 0.15) is 33.1 Å². The van der Waals surface area contributed by atoms with Gasteiger partial charge >= 0.3 is 0 Å². The highest BCUT2D eigenvalue weighted by molar-refractivity contribution is 9.25. The van der Waals surface area contributed by atoms with Gasteiger partial charge in [0, 0.05) is 0 Å². The van der Waals surface area contributed by atoms with Gasteiger partial charge in [-0.3, -0.25) is 0 Å². The molecule has 0 unspecified atom stereocenters. The monoisotopic (exact) mass is 306 g/mol. The van der Waals surface area contributed by atoms with E-state index < -0.39 is 9.71 Å². The molecule has 0 aromatic rings. The van der Waals surface area contributed by atoms with Gasteiger partial charge in [-0.2, -0.15) is 0 Å². The van der Waals surface area contributed by atoms with Gasteiger partial charge in [0.2, 0.25) is 0 Å². The lowest BCUT2D eigenvalue weighted by Gasteiger charge is -2.06. The van der Waals surface area contributed by atoms with Gasteiger partial charge in [-0.1, -0.05) is 20.3 Å². The van der Waals surface area contributed by atoms with Crippen molar-refractivity contribution in [3.05, 3.63) is 0 Å². The third-order valence-corrected chi connectivity index (χ3v) is 2.09. The maximum Gasteiger partial charge on any atom is 0.174 e. The van der Waals surface area contributed by atoms with Crippen LogP contribution in [0.3, 0.4) is 0 Å². The maximum atomic E-state index is 8.66. The number of hydrogen-bond donors (Lipinski definition) is 3. The van der Waals surface area contributed by atoms with Crippen molar-refractivity contribution in [2.24, 2.45) is 0 Å². The first kappa shape index (κ1) is 15.3. The second-order valence-corrected chi connectivity index (χ2v) is 5.98. The highest BCUT2D eigenvalue weighted by Crippen LogP contribution is 2.24. The van der Waals surface area contributed by atoms with Gasteiger partial charge < -0.3 is 15.3 Å². The zero-order chi connectivity index (χ0) is 10.2. The standard InChI is InChI=1S/C4H10O2.C3H6Br2O/c1-2-3-4(5)6;1-2-3(4,5)6/h4-6H,2-3H2,1H3;6H,2H2,1H3. The normalized spacial score (nSPS) is 11.0. The average Bonchev–Trinajstić information content (AvgIpc) is 1.87. The van der Waals surface area contributed by atoms with Gasteiger partial charge in [-0.05, 0) is 44.7 Å². The van der Waals surface area contributed by atoms with Crippen LogP contribution in [0.5, 0.6) is 0 Å². The Labute approximate surface area is 90.1 Å². The fourth-order valence-electron chi connectivity index (χ4n) is 0.258. The Hall–Kier alpha value is 0.840. The topological polar surface area (TPSA) is 60.7 Å². The highest BCUT2D eigenvalue weighted by Gasteiger charge is 2.11. The van der Waals surface area contributed by atoms with Crippen molar-refractivity contribution in [1.29, 1.82) is 0 Å². The van der Waals surface area contributed by atoms with E-state index in [2.05, 4.69) is 31.9 Å². The first-order valence-electron chi connectivity index (χ1n) is 3.79. The third kappa shape index (κ3) is 22.4. The van der Waals surface area contributed by atoms with E-state index in [0.717, 1.165) is 6.42 Å². The molecule has 0 fully saturated rings. The van der Waals surface area contributed by atoms with Crippen LogP contribution in [0.25, 0.3) is 0 Å². The van der Waals surface area contributed by atoms with E-state index in [9.17, 15) is 0 Å². The van der Waals surface area contributed by atoms with Crippen molar-refractivity contribution in [1.82, 2.24) is 0 Å². The lowest BCUT2D eigenvalue weighted by molar-refractivity contribution is -0.0453. The second-order valence-electron chi connectivity index (χ2n) is 2.29. The van der Waals surface area contributed by atoms with Gasteiger partial charge in [-0.25, -0.2) is 0 Å². The molecule has 3 nitrogen and oxygen atoms in total. The number of alkyl halides is 2. The first-order valence-corrected chi connectivity index (χ1v) is 5.38. The summed E-state index contributed by atoms with van der Waals surface area (Å²) in [5.41, 5.74) is 0. The molecule has 0 rings (SSSR count). The minimum absolute atomic E-state index is 0.486. The van der Waals surface area contributed by atoms with Crippen molar-refractivity contribution < 1.29 is 15.3 Å². The molecule has 3 N–H and O–H groups in total. The molecule has 12 heavy (non-hydrogen) atoms. The van der Waals surface area contributed by atoms with E-state index in [0.29, 0.717) is 12.8 Å². The molecule has 5 heteroatoms. The Morgan fingerprint density at radius 2 is 1.58 bits per heavy atom. The Kier molecular flexibility index (Phi) is 10.8. The van der Waals surface area contributed by atoms with Crippen LogP contribution in [0.15, 0.2) is 0 Å². The molecule has 0 radical (unpaired) electrons. The van der Waals surface area contributed by atoms with Gasteiger partial charge in [0.15, 0.2) is 9.71 Å². The summed E-state index contributed by atoms with van der Waals surface area (Å²) in [7, 11) is 0. The van der Waals surface area contributed by atoms with Crippen molar-refractivity contribution in [2.45, 2.75) is 42.8 Å². The van der Waals surface area contributed by atoms with Crippen LogP contribution in [0.2, 0.25) is 0 Å². The molecule has 0 atom stereocenters. The zero-order valence-corrected chi connectivity index (χ0v) is 10.5. The van der Waals surface area contributed by atoms with Gasteiger partial charge in [0.25, 0.3) is 0 Å². The number of aliphatic hydroxyl groups is 3. The van der Waals surface area contributed by atoms with E-state index in [1.54, 1.807) is 0 Å². The lowest BCUT2D eigenvalue weighted by Crippen LogP contribution is -2.04. The predicted molar refractivity (Wildman–Crippen MR) is 56.2 cm³/mol. The minimum Gasteiger partial charge on any atom is -0.369 e. The molecule has 0 amide bonds. The van der Waals surface area contributed by atoms with Crippen molar-refractivity contribution in [3.8, 4) is 0 Å². The van der Waals surface area contributed by atoms with E-state index in [-0.39, 0.29) is 0 Å². The van der Waals surface area contributed by atoms with Crippen LogP contribution in [-0.2, 0) is 0 Å². The zero-order valence-electron chi connectivity index (χ0n) is 7.30. The van der Waals surface area contributed by atoms with Crippen molar-refractivity contribution in [2.75, 3.05) is 0 Å². The largest absolute Gasteiger partial charge is 0.369 e. The molecule has 0 saturated heterocycles. The average molecular weight is 308 g/mol. The molecule has 0 heterocycles. The summed E-state index contributed by atoms with van der Waals surface area (Å²) < 4.78 is -0.833. The van der Waals surface area contributed by atoms with Crippen LogP contribution in [0, 0.1) is 0 Å². The molecule has 0 aromatic carbocycles. The smallest absolute Gasteiger partial charge is 0.174 e. The molecule has 0 aliphatic heterocycles. The van der Waals surface area contributed by atoms with Crippen LogP contribution in [-0.4, -0.2) is 25.0 Å². The number of halogens is 2. The van der Waals surface area contributed by atoms with Gasteiger partial charge in [-0.15, -0.1) is 0 Å². The van der Waals surface area contributed by atoms with Crippen molar-refractivity contribution >= 4 is 31.9 Å². The Balaban J connectivity index is 0. The molecular weight excluding hydrogens is 292 g/mol. The Morgan fingerprint density at radius 3 is 1.58 bits per heavy atom. The molecule has 0 aliphatic carbocycles. The summed E-state index contributed by atoms with van der Waals surface area (Å²) in [6.07, 6.45) is 0.875. The molecule has 0 saturated carbocycles. The highest BCUT2D eigenvalue weighted by atomic mass is 79.9. The number of rotatable bonds is 3. The quantitative estimate of drug-likeness (QED) is 0.551. The van der Waals surface area contributed by atoms with E-state index in [1.165, 1.54) is 0 Å². The summed E-state index contributed by atoms with van der Waals surface area (Å²) in [6.45, 7) is 3.77. The third-order valence-electron chi connectivity index (χ3n) is 0.972. The van der Waals surface area contributed by atoms with Crippen LogP contribution in [0.4, 0.5) is 0 Å². The Bertz CT molecular complexity index is 91.1. The number of hydrogen-bond acceptors (Lipinski definition) is 3. The Morgan fingerprint density at radius 1 is 1.25 bits per heavy atom. The lowest BCUT2D eigenvalue weighted by atomic mass is 10.3. The molecule has 0 aromatic heterocycles. The van der Waals surface area contributed by atoms with E-state index >= 15 is 0 Å². The number of aliphatic hydroxyl groups excluding tert-OH is 1. The second kappa shape index (κ2) is 8.44. The fraction of sp³-hybridized carbons (Fsp3) is 1.00. The molecular formula is C7H16Br2O3. The van der Waals surface area contributed by atoms with Gasteiger partial charge in [0.1, 0.15) is 0 Å². The van der Waals surface area contributed by atoms with E-state index in [4.69, 9.17) is 15.3 Å². The van der Waals surface area contributed by atoms with Gasteiger partial charge in [0.05, 0.1) is 0 Å². The SMILES string of the molecule is CCC(O)(Br)Br.CCCC(O)O. The summed E-state index contributed by atoms with van der Waals surface area (Å²) in [4.78, 5) is 0. The summed E-state index contributed by atoms with van der Waals surface area (Å²) >= 11 is 5.90. The molecule has 0 spiro atoms. The maximum absolute atomic E-state index is 8.66. The molecule has 76 valence electrons. The fourth-order valence-corrected chi connectivity index (χ4v) is 0.258.